The van der Waals surface area contributed by atoms with Crippen molar-refractivity contribution in [2.75, 3.05) is 18.4 Å². The van der Waals surface area contributed by atoms with E-state index in [-0.39, 0.29) is 0 Å². The van der Waals surface area contributed by atoms with Crippen LogP contribution >= 0.6 is 0 Å². The second kappa shape index (κ2) is 4.88. The molecule has 0 amide bonds. The first-order valence-electron chi connectivity index (χ1n) is 5.70. The van der Waals surface area contributed by atoms with Gasteiger partial charge in [-0.25, -0.2) is 0 Å². The summed E-state index contributed by atoms with van der Waals surface area (Å²) in [6.45, 7) is 3.55. The molecule has 86 valence electrons. The maximum Gasteiger partial charge on any atom is 0.188 e. The van der Waals surface area contributed by atoms with Crippen LogP contribution in [0.25, 0.3) is 0 Å². The zero-order valence-electron chi connectivity index (χ0n) is 9.51. The maximum absolute atomic E-state index is 7.56. The first kappa shape index (κ1) is 10.8. The fourth-order valence-electron chi connectivity index (χ4n) is 1.96. The Labute approximate surface area is 96.0 Å². The summed E-state index contributed by atoms with van der Waals surface area (Å²) in [5.74, 6) is 0.403. The van der Waals surface area contributed by atoms with Gasteiger partial charge < -0.3 is 16.0 Å². The van der Waals surface area contributed by atoms with Crippen LogP contribution < -0.4 is 16.0 Å². The third-order valence-corrected chi connectivity index (χ3v) is 2.72. The minimum absolute atomic E-state index is 0.386. The van der Waals surface area contributed by atoms with Crippen molar-refractivity contribution in [1.82, 2.24) is 10.6 Å². The highest BCUT2D eigenvalue weighted by atomic mass is 15.1. The van der Waals surface area contributed by atoms with Gasteiger partial charge in [0.15, 0.2) is 5.96 Å². The van der Waals surface area contributed by atoms with Gasteiger partial charge in [-0.3, -0.25) is 5.41 Å². The van der Waals surface area contributed by atoms with E-state index in [0.29, 0.717) is 12.0 Å². The lowest BCUT2D eigenvalue weighted by Crippen LogP contribution is -2.41. The van der Waals surface area contributed by atoms with Crippen molar-refractivity contribution in [3.63, 3.8) is 0 Å². The van der Waals surface area contributed by atoms with Crippen molar-refractivity contribution >= 4 is 11.6 Å². The Kier molecular flexibility index (Phi) is 3.29. The van der Waals surface area contributed by atoms with Crippen LogP contribution in [0.15, 0.2) is 24.3 Å². The van der Waals surface area contributed by atoms with Crippen LogP contribution in [0.2, 0.25) is 0 Å². The molecule has 1 heterocycles. The SMILES string of the molecule is CCNC(=N)NCC1Cc2ccccc2N1. The molecule has 0 aliphatic carbocycles. The zero-order chi connectivity index (χ0) is 11.4. The summed E-state index contributed by atoms with van der Waals surface area (Å²) in [6.07, 6.45) is 1.03. The Morgan fingerprint density at radius 1 is 1.44 bits per heavy atom. The average molecular weight is 218 g/mol. The predicted molar refractivity (Wildman–Crippen MR) is 67.0 cm³/mol. The molecule has 16 heavy (non-hydrogen) atoms. The monoisotopic (exact) mass is 218 g/mol. The van der Waals surface area contributed by atoms with Crippen molar-refractivity contribution in [2.45, 2.75) is 19.4 Å². The molecule has 0 aromatic heterocycles. The third-order valence-electron chi connectivity index (χ3n) is 2.72. The van der Waals surface area contributed by atoms with Crippen LogP contribution in [0.1, 0.15) is 12.5 Å². The lowest BCUT2D eigenvalue weighted by Gasteiger charge is -2.14. The molecular weight excluding hydrogens is 200 g/mol. The highest BCUT2D eigenvalue weighted by Crippen LogP contribution is 2.24. The number of para-hydroxylation sites is 1. The molecule has 1 aliphatic rings. The van der Waals surface area contributed by atoms with Crippen LogP contribution in [0.4, 0.5) is 5.69 Å². The molecule has 0 spiro atoms. The summed E-state index contributed by atoms with van der Waals surface area (Å²) in [5, 5.41) is 17.0. The lowest BCUT2D eigenvalue weighted by atomic mass is 10.1. The minimum Gasteiger partial charge on any atom is -0.380 e. The smallest absolute Gasteiger partial charge is 0.188 e. The molecule has 0 bridgehead atoms. The van der Waals surface area contributed by atoms with E-state index in [1.165, 1.54) is 11.3 Å². The molecule has 0 radical (unpaired) electrons. The minimum atomic E-state index is 0.386. The number of rotatable bonds is 3. The van der Waals surface area contributed by atoms with Crippen LogP contribution in [0, 0.1) is 5.41 Å². The summed E-state index contributed by atoms with van der Waals surface area (Å²) in [7, 11) is 0. The van der Waals surface area contributed by atoms with E-state index in [2.05, 4.69) is 34.1 Å². The zero-order valence-corrected chi connectivity index (χ0v) is 9.51. The van der Waals surface area contributed by atoms with Crippen molar-refractivity contribution in [3.05, 3.63) is 29.8 Å². The molecule has 1 aromatic carbocycles. The van der Waals surface area contributed by atoms with Crippen LogP contribution in [-0.2, 0) is 6.42 Å². The van der Waals surface area contributed by atoms with Gasteiger partial charge in [0.25, 0.3) is 0 Å². The maximum atomic E-state index is 7.56. The number of hydrogen-bond acceptors (Lipinski definition) is 2. The van der Waals surface area contributed by atoms with Gasteiger partial charge in [-0.2, -0.15) is 0 Å². The fraction of sp³-hybridized carbons (Fsp3) is 0.417. The first-order valence-corrected chi connectivity index (χ1v) is 5.70. The third kappa shape index (κ3) is 2.45. The predicted octanol–water partition coefficient (Wildman–Crippen LogP) is 1.16. The van der Waals surface area contributed by atoms with E-state index >= 15 is 0 Å². The second-order valence-electron chi connectivity index (χ2n) is 3.99. The summed E-state index contributed by atoms with van der Waals surface area (Å²) >= 11 is 0. The molecule has 0 saturated carbocycles. The summed E-state index contributed by atoms with van der Waals surface area (Å²) < 4.78 is 0. The Morgan fingerprint density at radius 3 is 3.00 bits per heavy atom. The number of fused-ring (bicyclic) bond motifs is 1. The Balaban J connectivity index is 1.81. The van der Waals surface area contributed by atoms with E-state index < -0.39 is 0 Å². The Hall–Kier alpha value is -1.71. The van der Waals surface area contributed by atoms with Gasteiger partial charge in [-0.05, 0) is 25.0 Å². The standard InChI is InChI=1S/C12H18N4/c1-2-14-12(13)15-8-10-7-9-5-3-4-6-11(9)16-10/h3-6,10,16H,2,7-8H2,1H3,(H3,13,14,15). The first-order chi connectivity index (χ1) is 7.79. The Morgan fingerprint density at radius 2 is 2.25 bits per heavy atom. The van der Waals surface area contributed by atoms with Crippen molar-refractivity contribution in [1.29, 1.82) is 5.41 Å². The van der Waals surface area contributed by atoms with Crippen LogP contribution in [0.3, 0.4) is 0 Å². The van der Waals surface area contributed by atoms with Gasteiger partial charge in [-0.15, -0.1) is 0 Å². The molecule has 1 atom stereocenters. The number of anilines is 1. The van der Waals surface area contributed by atoms with Crippen molar-refractivity contribution < 1.29 is 0 Å². The molecule has 1 aromatic rings. The van der Waals surface area contributed by atoms with E-state index in [9.17, 15) is 0 Å². The molecule has 1 unspecified atom stereocenters. The molecule has 4 N–H and O–H groups in total. The van der Waals surface area contributed by atoms with E-state index in [1.54, 1.807) is 0 Å². The van der Waals surface area contributed by atoms with Crippen molar-refractivity contribution in [3.8, 4) is 0 Å². The highest BCUT2D eigenvalue weighted by molar-refractivity contribution is 5.76. The van der Waals surface area contributed by atoms with Crippen molar-refractivity contribution in [2.24, 2.45) is 0 Å². The van der Waals surface area contributed by atoms with Crippen LogP contribution in [-0.4, -0.2) is 25.1 Å². The molecule has 4 heteroatoms. The number of benzene rings is 1. The van der Waals surface area contributed by atoms with E-state index in [4.69, 9.17) is 5.41 Å². The molecular formula is C12H18N4. The van der Waals surface area contributed by atoms with E-state index in [0.717, 1.165) is 19.5 Å². The summed E-state index contributed by atoms with van der Waals surface area (Å²) in [5.41, 5.74) is 2.59. The van der Waals surface area contributed by atoms with Gasteiger partial charge in [0.1, 0.15) is 0 Å². The number of nitrogens with one attached hydrogen (secondary N) is 4. The molecule has 2 rings (SSSR count). The number of guanidine groups is 1. The molecule has 0 fully saturated rings. The van der Waals surface area contributed by atoms with Gasteiger partial charge >= 0.3 is 0 Å². The van der Waals surface area contributed by atoms with Gasteiger partial charge in [-0.1, -0.05) is 18.2 Å². The molecule has 0 saturated heterocycles. The van der Waals surface area contributed by atoms with Crippen LogP contribution in [0.5, 0.6) is 0 Å². The van der Waals surface area contributed by atoms with E-state index in [1.807, 2.05) is 13.0 Å². The normalized spacial score (nSPS) is 17.4. The molecule has 1 aliphatic heterocycles. The second-order valence-corrected chi connectivity index (χ2v) is 3.99. The largest absolute Gasteiger partial charge is 0.380 e. The van der Waals surface area contributed by atoms with Gasteiger partial charge in [0.05, 0.1) is 0 Å². The highest BCUT2D eigenvalue weighted by Gasteiger charge is 2.19. The van der Waals surface area contributed by atoms with Gasteiger partial charge in [0, 0.05) is 24.8 Å². The Bertz CT molecular complexity index is 350. The van der Waals surface area contributed by atoms with Gasteiger partial charge in [0.2, 0.25) is 0 Å². The quantitative estimate of drug-likeness (QED) is 0.455. The fourth-order valence-corrected chi connectivity index (χ4v) is 1.96. The average Bonchev–Trinajstić information content (AvgIpc) is 2.69. The topological polar surface area (TPSA) is 59.9 Å². The lowest BCUT2D eigenvalue weighted by molar-refractivity contribution is 0.695. The summed E-state index contributed by atoms with van der Waals surface area (Å²) in [4.78, 5) is 0. The molecule has 4 nitrogen and oxygen atoms in total. The summed E-state index contributed by atoms with van der Waals surface area (Å²) in [6, 6.07) is 8.75. The number of hydrogen-bond donors (Lipinski definition) is 4.